The molecule has 0 bridgehead atoms. The van der Waals surface area contributed by atoms with Gasteiger partial charge in [-0.15, -0.1) is 10.2 Å². The van der Waals surface area contributed by atoms with E-state index in [0.29, 0.717) is 48.6 Å². The largest absolute Gasteiger partial charge is 0.497 e. The van der Waals surface area contributed by atoms with E-state index < -0.39 is 6.04 Å². The first-order chi connectivity index (χ1) is 18.9. The maximum absolute atomic E-state index is 13.0. The Morgan fingerprint density at radius 3 is 2.62 bits per heavy atom. The fourth-order valence-electron chi connectivity index (χ4n) is 4.31. The molecule has 4 rings (SSSR count). The molecule has 11 heteroatoms. The molecule has 9 nitrogen and oxygen atoms in total. The number of thioether (sulfide) groups is 1. The minimum Gasteiger partial charge on any atom is -0.497 e. The van der Waals surface area contributed by atoms with E-state index in [1.54, 1.807) is 14.0 Å². The molecule has 206 valence electrons. The van der Waals surface area contributed by atoms with Crippen molar-refractivity contribution in [1.82, 2.24) is 20.1 Å². The second kappa shape index (κ2) is 13.7. The number of aryl methyl sites for hydroxylation is 1. The summed E-state index contributed by atoms with van der Waals surface area (Å²) >= 11 is 7.47. The van der Waals surface area contributed by atoms with Crippen molar-refractivity contribution in [2.75, 3.05) is 32.6 Å². The van der Waals surface area contributed by atoms with Crippen LogP contribution in [0.25, 0.3) is 5.69 Å². The smallest absolute Gasteiger partial charge is 0.222 e. The topological polar surface area (TPSA) is 108 Å². The highest BCUT2D eigenvalue weighted by Gasteiger charge is 2.30. The number of benzene rings is 2. The molecule has 3 aromatic rings. The minimum atomic E-state index is -0.551. The van der Waals surface area contributed by atoms with Crippen molar-refractivity contribution in [3.05, 3.63) is 70.3 Å². The Bertz CT molecular complexity index is 1340. The number of aliphatic imine (C=N–C) groups is 1. The molecule has 0 radical (unpaired) electrons. The van der Waals surface area contributed by atoms with Gasteiger partial charge in [-0.3, -0.25) is 19.1 Å². The van der Waals surface area contributed by atoms with Gasteiger partial charge in [0, 0.05) is 48.6 Å². The van der Waals surface area contributed by atoms with Crippen molar-refractivity contribution in [3.8, 4) is 11.4 Å². The van der Waals surface area contributed by atoms with Gasteiger partial charge in [0.15, 0.2) is 10.9 Å². The van der Waals surface area contributed by atoms with E-state index in [9.17, 15) is 9.59 Å². The number of amides is 1. The molecule has 0 saturated carbocycles. The second-order valence-electron chi connectivity index (χ2n) is 9.04. The Morgan fingerprint density at radius 1 is 1.10 bits per heavy atom. The van der Waals surface area contributed by atoms with Crippen LogP contribution in [0.15, 0.2) is 47.5 Å². The summed E-state index contributed by atoms with van der Waals surface area (Å²) in [7, 11) is 1.62. The Morgan fingerprint density at radius 2 is 1.87 bits per heavy atom. The first-order valence-corrected chi connectivity index (χ1v) is 14.2. The lowest BCUT2D eigenvalue weighted by Gasteiger charge is -2.14. The van der Waals surface area contributed by atoms with Crippen molar-refractivity contribution in [2.24, 2.45) is 4.99 Å². The van der Waals surface area contributed by atoms with Gasteiger partial charge >= 0.3 is 0 Å². The number of carbonyl (C=O) groups excluding carboxylic acids is 2. The number of nitrogens with zero attached hydrogens (tertiary/aromatic N) is 4. The van der Waals surface area contributed by atoms with Crippen LogP contribution in [0.5, 0.6) is 5.75 Å². The summed E-state index contributed by atoms with van der Waals surface area (Å²) in [6, 6.07) is 12.7. The van der Waals surface area contributed by atoms with Gasteiger partial charge in [-0.1, -0.05) is 35.5 Å². The minimum absolute atomic E-state index is 0.115. The lowest BCUT2D eigenvalue weighted by Crippen LogP contribution is -2.27. The van der Waals surface area contributed by atoms with Crippen LogP contribution < -0.4 is 10.1 Å². The van der Waals surface area contributed by atoms with Crippen LogP contribution >= 0.6 is 23.4 Å². The Labute approximate surface area is 237 Å². The quantitative estimate of drug-likeness (QED) is 0.315. The summed E-state index contributed by atoms with van der Waals surface area (Å²) in [5, 5.41) is 12.4. The van der Waals surface area contributed by atoms with E-state index in [1.807, 2.05) is 54.0 Å². The molecule has 2 aromatic carbocycles. The van der Waals surface area contributed by atoms with E-state index >= 15 is 0 Å². The summed E-state index contributed by atoms with van der Waals surface area (Å²) in [6.07, 6.45) is 1.63. The number of hydrogen-bond donors (Lipinski definition) is 1. The molecule has 1 aromatic heterocycles. The maximum atomic E-state index is 13.0. The maximum Gasteiger partial charge on any atom is 0.222 e. The predicted octanol–water partition coefficient (Wildman–Crippen LogP) is 4.71. The SMILES string of the molecule is COc1ccc2c(c1)C(c1ccc(Cl)cc1)=N[C@@H](CC(=O)NCCCOCCCSC(C)=O)c1nnc(C)n1-2. The number of aromatic nitrogens is 3. The average Bonchev–Trinajstić information content (AvgIpc) is 3.24. The molecule has 39 heavy (non-hydrogen) atoms. The number of nitrogens with one attached hydrogen (secondary N) is 1. The molecule has 2 heterocycles. The van der Waals surface area contributed by atoms with E-state index in [0.717, 1.165) is 34.7 Å². The fourth-order valence-corrected chi connectivity index (χ4v) is 4.98. The average molecular weight is 570 g/mol. The Balaban J connectivity index is 1.49. The molecule has 1 aliphatic rings. The lowest BCUT2D eigenvalue weighted by molar-refractivity contribution is -0.121. The van der Waals surface area contributed by atoms with Crippen LogP contribution in [0.1, 0.15) is 55.0 Å². The summed E-state index contributed by atoms with van der Waals surface area (Å²) < 4.78 is 13.1. The van der Waals surface area contributed by atoms with Gasteiger partial charge in [0.05, 0.1) is 24.9 Å². The van der Waals surface area contributed by atoms with Gasteiger partial charge in [-0.25, -0.2) is 0 Å². The Hall–Kier alpha value is -3.21. The molecule has 0 aliphatic carbocycles. The zero-order valence-corrected chi connectivity index (χ0v) is 23.8. The summed E-state index contributed by atoms with van der Waals surface area (Å²) in [5.41, 5.74) is 3.31. The second-order valence-corrected chi connectivity index (χ2v) is 10.7. The highest BCUT2D eigenvalue weighted by Crippen LogP contribution is 2.34. The number of hydrogen-bond acceptors (Lipinski definition) is 8. The fraction of sp³-hybridized carbons (Fsp3) is 0.393. The third-order valence-electron chi connectivity index (χ3n) is 6.15. The summed E-state index contributed by atoms with van der Waals surface area (Å²) in [5.74, 6) is 2.62. The van der Waals surface area contributed by atoms with Gasteiger partial charge in [-0.2, -0.15) is 0 Å². The number of methoxy groups -OCH3 is 1. The molecule has 1 aliphatic heterocycles. The van der Waals surface area contributed by atoms with Crippen LogP contribution in [0, 0.1) is 6.92 Å². The van der Waals surface area contributed by atoms with E-state index in [4.69, 9.17) is 26.1 Å². The van der Waals surface area contributed by atoms with Crippen LogP contribution in [-0.2, 0) is 14.3 Å². The highest BCUT2D eigenvalue weighted by molar-refractivity contribution is 8.13. The van der Waals surface area contributed by atoms with Gasteiger partial charge < -0.3 is 14.8 Å². The van der Waals surface area contributed by atoms with Gasteiger partial charge in [0.1, 0.15) is 17.6 Å². The van der Waals surface area contributed by atoms with Gasteiger partial charge in [-0.05, 0) is 50.1 Å². The molecule has 1 amide bonds. The third-order valence-corrected chi connectivity index (χ3v) is 7.31. The lowest BCUT2D eigenvalue weighted by atomic mass is 10.00. The third kappa shape index (κ3) is 7.46. The summed E-state index contributed by atoms with van der Waals surface area (Å²) in [6.45, 7) is 5.07. The van der Waals surface area contributed by atoms with Crippen LogP contribution in [0.4, 0.5) is 0 Å². The number of halogens is 1. The van der Waals surface area contributed by atoms with Gasteiger partial charge in [0.25, 0.3) is 0 Å². The van der Waals surface area contributed by atoms with E-state index in [2.05, 4.69) is 15.5 Å². The number of carbonyl (C=O) groups is 2. The van der Waals surface area contributed by atoms with Crippen molar-refractivity contribution >= 4 is 40.1 Å². The van der Waals surface area contributed by atoms with Crippen molar-refractivity contribution < 1.29 is 19.1 Å². The molecule has 0 fully saturated rings. The molecule has 0 saturated heterocycles. The highest BCUT2D eigenvalue weighted by atomic mass is 35.5. The molecule has 0 spiro atoms. The van der Waals surface area contributed by atoms with E-state index in [1.165, 1.54) is 11.8 Å². The molecule has 1 atom stereocenters. The number of rotatable bonds is 12. The monoisotopic (exact) mass is 569 g/mol. The molecular weight excluding hydrogens is 538 g/mol. The number of ether oxygens (including phenoxy) is 2. The van der Waals surface area contributed by atoms with Gasteiger partial charge in [0.2, 0.25) is 5.91 Å². The standard InChI is InChI=1S/C28H32ClN5O4S/c1-18-32-33-28-24(17-26(36)30-12-4-13-38-14-5-15-39-19(2)35)31-27(20-6-8-21(29)9-7-20)23-16-22(37-3)10-11-25(23)34(18)28/h6-11,16,24H,4-5,12-15,17H2,1-3H3,(H,30,36)/t24-/m0/s1. The van der Waals surface area contributed by atoms with E-state index in [-0.39, 0.29) is 17.4 Å². The van der Waals surface area contributed by atoms with Crippen LogP contribution in [0.3, 0.4) is 0 Å². The molecule has 1 N–H and O–H groups in total. The first kappa shape index (κ1) is 28.8. The zero-order valence-electron chi connectivity index (χ0n) is 22.3. The summed E-state index contributed by atoms with van der Waals surface area (Å²) in [4.78, 5) is 29.0. The molecule has 0 unspecified atom stereocenters. The molecular formula is C28H32ClN5O4S. The zero-order chi connectivity index (χ0) is 27.8. The Kier molecular flexibility index (Phi) is 10.1. The van der Waals surface area contributed by atoms with Crippen molar-refractivity contribution in [2.45, 2.75) is 39.2 Å². The van der Waals surface area contributed by atoms with Crippen LogP contribution in [-0.4, -0.2) is 64.1 Å². The predicted molar refractivity (Wildman–Crippen MR) is 153 cm³/mol. The van der Waals surface area contributed by atoms with Crippen molar-refractivity contribution in [1.29, 1.82) is 0 Å². The first-order valence-electron chi connectivity index (χ1n) is 12.8. The van der Waals surface area contributed by atoms with Crippen molar-refractivity contribution in [3.63, 3.8) is 0 Å². The number of fused-ring (bicyclic) bond motifs is 3. The normalized spacial score (nSPS) is 14.2. The van der Waals surface area contributed by atoms with Crippen LogP contribution in [0.2, 0.25) is 5.02 Å².